The van der Waals surface area contributed by atoms with Crippen molar-refractivity contribution in [3.05, 3.63) is 47.4 Å². The molecule has 1 aromatic heterocycles. The molecule has 2 aliphatic rings. The summed E-state index contributed by atoms with van der Waals surface area (Å²) in [4.78, 5) is 22.6. The Hall–Kier alpha value is -2.47. The molecule has 0 unspecified atom stereocenters. The van der Waals surface area contributed by atoms with Gasteiger partial charge in [-0.3, -0.25) is 4.79 Å². The fourth-order valence-electron chi connectivity index (χ4n) is 3.53. The second kappa shape index (κ2) is 7.19. The Kier molecular flexibility index (Phi) is 4.61. The van der Waals surface area contributed by atoms with Crippen LogP contribution in [0.4, 0.5) is 11.5 Å². The number of benzene rings is 1. The Morgan fingerprint density at radius 2 is 1.92 bits per heavy atom. The third kappa shape index (κ3) is 3.49. The van der Waals surface area contributed by atoms with Crippen molar-refractivity contribution in [2.75, 3.05) is 29.9 Å². The van der Waals surface area contributed by atoms with Crippen LogP contribution in [0.1, 0.15) is 29.7 Å². The van der Waals surface area contributed by atoms with E-state index in [0.717, 1.165) is 56.1 Å². The molecular formula is C19H23N5O. The molecule has 1 amide bonds. The molecule has 4 rings (SSSR count). The zero-order chi connectivity index (χ0) is 17.1. The van der Waals surface area contributed by atoms with Crippen molar-refractivity contribution in [2.45, 2.75) is 32.2 Å². The van der Waals surface area contributed by atoms with Gasteiger partial charge >= 0.3 is 0 Å². The second-order valence-corrected chi connectivity index (χ2v) is 6.57. The summed E-state index contributed by atoms with van der Waals surface area (Å²) < 4.78 is 0. The van der Waals surface area contributed by atoms with Crippen LogP contribution in [0.3, 0.4) is 0 Å². The summed E-state index contributed by atoms with van der Waals surface area (Å²) >= 11 is 0. The number of carbonyl (C=O) groups is 1. The molecule has 0 radical (unpaired) electrons. The highest BCUT2D eigenvalue weighted by molar-refractivity contribution is 5.95. The van der Waals surface area contributed by atoms with Crippen molar-refractivity contribution in [3.8, 4) is 0 Å². The molecule has 0 bridgehead atoms. The van der Waals surface area contributed by atoms with E-state index in [4.69, 9.17) is 0 Å². The molecule has 2 aromatic rings. The number of carbonyl (C=O) groups excluding carboxylic acids is 1. The van der Waals surface area contributed by atoms with Gasteiger partial charge in [-0.1, -0.05) is 12.1 Å². The topological polar surface area (TPSA) is 70.2 Å². The quantitative estimate of drug-likeness (QED) is 0.892. The Morgan fingerprint density at radius 3 is 2.72 bits per heavy atom. The number of hydrogen-bond donors (Lipinski definition) is 2. The predicted octanol–water partition coefficient (Wildman–Crippen LogP) is 1.90. The Morgan fingerprint density at radius 1 is 1.08 bits per heavy atom. The van der Waals surface area contributed by atoms with Gasteiger partial charge in [0.05, 0.1) is 5.69 Å². The summed E-state index contributed by atoms with van der Waals surface area (Å²) in [5.74, 6) is 1.16. The maximum Gasteiger partial charge on any atom is 0.227 e. The smallest absolute Gasteiger partial charge is 0.227 e. The van der Waals surface area contributed by atoms with Gasteiger partial charge in [0, 0.05) is 43.7 Å². The molecule has 6 nitrogen and oxygen atoms in total. The van der Waals surface area contributed by atoms with Gasteiger partial charge in [-0.15, -0.1) is 0 Å². The van der Waals surface area contributed by atoms with Gasteiger partial charge < -0.3 is 15.5 Å². The van der Waals surface area contributed by atoms with Crippen LogP contribution in [-0.2, 0) is 24.2 Å². The number of rotatable bonds is 4. The van der Waals surface area contributed by atoms with Gasteiger partial charge in [0.15, 0.2) is 0 Å². The van der Waals surface area contributed by atoms with Crippen molar-refractivity contribution in [1.29, 1.82) is 0 Å². The first-order chi connectivity index (χ1) is 12.3. The number of hydrogen-bond acceptors (Lipinski definition) is 5. The van der Waals surface area contributed by atoms with Crippen molar-refractivity contribution in [1.82, 2.24) is 15.3 Å². The minimum atomic E-state index is 0.225. The summed E-state index contributed by atoms with van der Waals surface area (Å²) in [6, 6.07) is 8.22. The van der Waals surface area contributed by atoms with Crippen LogP contribution in [0.15, 0.2) is 30.6 Å². The summed E-state index contributed by atoms with van der Waals surface area (Å²) in [6.45, 7) is 3.48. The standard InChI is InChI=1S/C19H23N5O/c25-18-2-1-11-24(18)15-5-3-14(4-6-15)12-21-19-16-7-9-20-10-8-17(16)22-13-23-19/h3-6,13,20H,1-2,7-12H2,(H,21,22,23). The molecular weight excluding hydrogens is 314 g/mol. The van der Waals surface area contributed by atoms with E-state index in [2.05, 4.69) is 32.7 Å². The minimum Gasteiger partial charge on any atom is -0.366 e. The molecule has 0 spiro atoms. The van der Waals surface area contributed by atoms with Gasteiger partial charge in [0.25, 0.3) is 0 Å². The van der Waals surface area contributed by atoms with Crippen molar-refractivity contribution < 1.29 is 4.79 Å². The Labute approximate surface area is 147 Å². The average molecular weight is 337 g/mol. The molecule has 1 saturated heterocycles. The highest BCUT2D eigenvalue weighted by Gasteiger charge is 2.21. The lowest BCUT2D eigenvalue weighted by Crippen LogP contribution is -2.23. The molecule has 0 aliphatic carbocycles. The van der Waals surface area contributed by atoms with E-state index in [-0.39, 0.29) is 5.91 Å². The monoisotopic (exact) mass is 337 g/mol. The first kappa shape index (κ1) is 16.0. The van der Waals surface area contributed by atoms with E-state index in [9.17, 15) is 4.79 Å². The first-order valence-corrected chi connectivity index (χ1v) is 8.98. The third-order valence-corrected chi connectivity index (χ3v) is 4.91. The van der Waals surface area contributed by atoms with E-state index >= 15 is 0 Å². The minimum absolute atomic E-state index is 0.225. The van der Waals surface area contributed by atoms with E-state index in [0.29, 0.717) is 13.0 Å². The number of nitrogens with one attached hydrogen (secondary N) is 2. The second-order valence-electron chi connectivity index (χ2n) is 6.57. The fourth-order valence-corrected chi connectivity index (χ4v) is 3.53. The van der Waals surface area contributed by atoms with Gasteiger partial charge in [0.1, 0.15) is 12.1 Å². The maximum absolute atomic E-state index is 11.8. The molecule has 2 N–H and O–H groups in total. The van der Waals surface area contributed by atoms with Crippen molar-refractivity contribution >= 4 is 17.4 Å². The molecule has 3 heterocycles. The molecule has 1 fully saturated rings. The van der Waals surface area contributed by atoms with E-state index in [1.165, 1.54) is 11.1 Å². The number of nitrogens with zero attached hydrogens (tertiary/aromatic N) is 3. The van der Waals surface area contributed by atoms with E-state index in [1.807, 2.05) is 17.0 Å². The molecule has 0 atom stereocenters. The van der Waals surface area contributed by atoms with Gasteiger partial charge in [-0.2, -0.15) is 0 Å². The van der Waals surface area contributed by atoms with Gasteiger partial charge in [0.2, 0.25) is 5.91 Å². The Bertz CT molecular complexity index is 759. The number of fused-ring (bicyclic) bond motifs is 1. The number of amides is 1. The van der Waals surface area contributed by atoms with Crippen LogP contribution in [0.2, 0.25) is 0 Å². The van der Waals surface area contributed by atoms with Crippen molar-refractivity contribution in [2.24, 2.45) is 0 Å². The highest BCUT2D eigenvalue weighted by Crippen LogP contribution is 2.23. The van der Waals surface area contributed by atoms with Crippen LogP contribution in [0, 0.1) is 0 Å². The zero-order valence-electron chi connectivity index (χ0n) is 14.3. The van der Waals surface area contributed by atoms with Crippen LogP contribution in [-0.4, -0.2) is 35.5 Å². The molecule has 1 aromatic carbocycles. The molecule has 2 aliphatic heterocycles. The first-order valence-electron chi connectivity index (χ1n) is 8.98. The van der Waals surface area contributed by atoms with Crippen molar-refractivity contribution in [3.63, 3.8) is 0 Å². The van der Waals surface area contributed by atoms with Gasteiger partial charge in [-0.25, -0.2) is 9.97 Å². The lowest BCUT2D eigenvalue weighted by atomic mass is 10.1. The van der Waals surface area contributed by atoms with Gasteiger partial charge in [-0.05, 0) is 37.1 Å². The predicted molar refractivity (Wildman–Crippen MR) is 97.7 cm³/mol. The lowest BCUT2D eigenvalue weighted by Gasteiger charge is -2.16. The summed E-state index contributed by atoms with van der Waals surface area (Å²) in [5, 5.41) is 6.86. The molecule has 6 heteroatoms. The van der Waals surface area contributed by atoms with Crippen LogP contribution in [0.25, 0.3) is 0 Å². The molecule has 25 heavy (non-hydrogen) atoms. The third-order valence-electron chi connectivity index (χ3n) is 4.91. The zero-order valence-corrected chi connectivity index (χ0v) is 14.3. The summed E-state index contributed by atoms with van der Waals surface area (Å²) in [6.07, 6.45) is 5.17. The Balaban J connectivity index is 1.44. The lowest BCUT2D eigenvalue weighted by molar-refractivity contribution is -0.117. The number of anilines is 2. The SMILES string of the molecule is O=C1CCCN1c1ccc(CNc2ncnc3c2CCNCC3)cc1. The maximum atomic E-state index is 11.8. The van der Waals surface area contributed by atoms with Crippen LogP contribution >= 0.6 is 0 Å². The highest BCUT2D eigenvalue weighted by atomic mass is 16.2. The summed E-state index contributed by atoms with van der Waals surface area (Å²) in [7, 11) is 0. The molecule has 0 saturated carbocycles. The number of aromatic nitrogens is 2. The largest absolute Gasteiger partial charge is 0.366 e. The average Bonchev–Trinajstić information content (AvgIpc) is 2.92. The summed E-state index contributed by atoms with van der Waals surface area (Å²) in [5.41, 5.74) is 4.54. The van der Waals surface area contributed by atoms with E-state index in [1.54, 1.807) is 6.33 Å². The fraction of sp³-hybridized carbons (Fsp3) is 0.421. The van der Waals surface area contributed by atoms with E-state index < -0.39 is 0 Å². The van der Waals surface area contributed by atoms with Crippen LogP contribution in [0.5, 0.6) is 0 Å². The molecule has 130 valence electrons. The normalized spacial score (nSPS) is 17.3. The van der Waals surface area contributed by atoms with Crippen LogP contribution < -0.4 is 15.5 Å².